The first kappa shape index (κ1) is 15.8. The monoisotopic (exact) mass is 250 g/mol. The number of hydrogen-bond acceptors (Lipinski definition) is 5. The molecular weight excluding hydrogens is 232 g/mol. The van der Waals surface area contributed by atoms with Crippen LogP contribution in [0.2, 0.25) is 0 Å². The van der Waals surface area contributed by atoms with Gasteiger partial charge in [-0.3, -0.25) is 4.79 Å². The van der Waals surface area contributed by atoms with Crippen LogP contribution in [0.5, 0.6) is 0 Å². The Labute approximate surface area is 99.3 Å². The minimum atomic E-state index is -1.39. The van der Waals surface area contributed by atoms with Crippen LogP contribution in [-0.4, -0.2) is 54.4 Å². The van der Waals surface area contributed by atoms with Crippen molar-refractivity contribution in [2.24, 2.45) is 0 Å². The van der Waals surface area contributed by atoms with E-state index in [-0.39, 0.29) is 6.61 Å². The molecule has 0 aromatic heterocycles. The van der Waals surface area contributed by atoms with Gasteiger partial charge in [0.25, 0.3) is 0 Å². The molecule has 0 radical (unpaired) electrons. The van der Waals surface area contributed by atoms with E-state index in [0.717, 1.165) is 0 Å². The van der Waals surface area contributed by atoms with Crippen molar-refractivity contribution in [2.75, 3.05) is 19.8 Å². The summed E-state index contributed by atoms with van der Waals surface area (Å²) in [5.74, 6) is -2.55. The lowest BCUT2D eigenvalue weighted by Gasteiger charge is -2.19. The maximum Gasteiger partial charge on any atom is 0.333 e. The number of carbonyl (C=O) groups is 2. The molecule has 0 saturated heterocycles. The van der Waals surface area contributed by atoms with Gasteiger partial charge in [-0.2, -0.15) is 0 Å². The Morgan fingerprint density at radius 2 is 1.59 bits per heavy atom. The summed E-state index contributed by atoms with van der Waals surface area (Å²) in [5.41, 5.74) is 0. The maximum atomic E-state index is 10.7. The molecule has 1 unspecified atom stereocenters. The molecule has 17 heavy (non-hydrogen) atoms. The van der Waals surface area contributed by atoms with Crippen LogP contribution in [0.1, 0.15) is 20.3 Å². The number of carboxylic acids is 2. The smallest absolute Gasteiger partial charge is 0.333 e. The zero-order valence-electron chi connectivity index (χ0n) is 9.92. The highest BCUT2D eigenvalue weighted by atomic mass is 16.7. The second-order valence-electron chi connectivity index (χ2n) is 3.10. The highest BCUT2D eigenvalue weighted by Gasteiger charge is 2.23. The third-order valence-electron chi connectivity index (χ3n) is 1.77. The van der Waals surface area contributed by atoms with Crippen molar-refractivity contribution in [2.45, 2.75) is 32.7 Å². The van der Waals surface area contributed by atoms with Gasteiger partial charge in [0, 0.05) is 13.2 Å². The summed E-state index contributed by atoms with van der Waals surface area (Å²) in [4.78, 5) is 21.1. The molecule has 0 aromatic carbocycles. The van der Waals surface area contributed by atoms with Crippen molar-refractivity contribution in [3.05, 3.63) is 0 Å². The van der Waals surface area contributed by atoms with Crippen molar-refractivity contribution < 1.29 is 34.0 Å². The van der Waals surface area contributed by atoms with E-state index in [1.54, 1.807) is 13.8 Å². The van der Waals surface area contributed by atoms with Gasteiger partial charge in [0.15, 0.2) is 12.4 Å². The second-order valence-corrected chi connectivity index (χ2v) is 3.10. The van der Waals surface area contributed by atoms with E-state index in [9.17, 15) is 9.59 Å². The van der Waals surface area contributed by atoms with Crippen molar-refractivity contribution in [1.82, 2.24) is 0 Å². The fraction of sp³-hybridized carbons (Fsp3) is 0.800. The molecule has 0 bridgehead atoms. The van der Waals surface area contributed by atoms with Crippen molar-refractivity contribution in [3.8, 4) is 0 Å². The topological polar surface area (TPSA) is 102 Å². The third kappa shape index (κ3) is 7.67. The fourth-order valence-corrected chi connectivity index (χ4v) is 1.09. The molecule has 7 heteroatoms. The van der Waals surface area contributed by atoms with Crippen LogP contribution < -0.4 is 0 Å². The van der Waals surface area contributed by atoms with E-state index in [1.807, 2.05) is 0 Å². The van der Waals surface area contributed by atoms with Crippen LogP contribution in [0, 0.1) is 0 Å². The lowest BCUT2D eigenvalue weighted by Crippen LogP contribution is -2.32. The van der Waals surface area contributed by atoms with E-state index in [0.29, 0.717) is 13.2 Å². The lowest BCUT2D eigenvalue weighted by molar-refractivity contribution is -0.187. The van der Waals surface area contributed by atoms with Crippen LogP contribution in [0.25, 0.3) is 0 Å². The van der Waals surface area contributed by atoms with Gasteiger partial charge in [-0.05, 0) is 13.8 Å². The Hall–Kier alpha value is -1.18. The molecule has 100 valence electrons. The van der Waals surface area contributed by atoms with Crippen molar-refractivity contribution in [1.29, 1.82) is 0 Å². The van der Waals surface area contributed by atoms with Gasteiger partial charge in [-0.25, -0.2) is 4.79 Å². The summed E-state index contributed by atoms with van der Waals surface area (Å²) < 4.78 is 15.2. The summed E-state index contributed by atoms with van der Waals surface area (Å²) in [5, 5.41) is 17.2. The standard InChI is InChI=1S/C10H18O7/c1-3-15-9(16-4-2)6-17-7(10(13)14)5-8(11)12/h7,9H,3-6H2,1-2H3,(H,11,12)(H,13,14). The molecule has 0 aliphatic heterocycles. The largest absolute Gasteiger partial charge is 0.481 e. The molecule has 0 aliphatic rings. The SMILES string of the molecule is CCOC(COC(CC(=O)O)C(=O)O)OCC. The van der Waals surface area contributed by atoms with Gasteiger partial charge in [0.05, 0.1) is 13.0 Å². The zero-order valence-corrected chi connectivity index (χ0v) is 9.92. The van der Waals surface area contributed by atoms with Crippen molar-refractivity contribution in [3.63, 3.8) is 0 Å². The van der Waals surface area contributed by atoms with E-state index in [1.165, 1.54) is 0 Å². The average Bonchev–Trinajstić information content (AvgIpc) is 2.23. The first-order valence-corrected chi connectivity index (χ1v) is 5.30. The van der Waals surface area contributed by atoms with Crippen LogP contribution in [0.3, 0.4) is 0 Å². The number of ether oxygens (including phenoxy) is 3. The molecule has 1 atom stereocenters. The van der Waals surface area contributed by atoms with E-state index >= 15 is 0 Å². The Morgan fingerprint density at radius 1 is 1.06 bits per heavy atom. The molecule has 0 fully saturated rings. The number of hydrogen-bond donors (Lipinski definition) is 2. The summed E-state index contributed by atoms with van der Waals surface area (Å²) in [7, 11) is 0. The molecule has 0 spiro atoms. The third-order valence-corrected chi connectivity index (χ3v) is 1.77. The normalized spacial score (nSPS) is 12.6. The molecule has 0 aliphatic carbocycles. The molecule has 0 heterocycles. The summed E-state index contributed by atoms with van der Waals surface area (Å²) in [6.45, 7) is 4.19. The predicted molar refractivity (Wildman–Crippen MR) is 56.7 cm³/mol. The van der Waals surface area contributed by atoms with Gasteiger partial charge in [-0.15, -0.1) is 0 Å². The fourth-order valence-electron chi connectivity index (χ4n) is 1.09. The van der Waals surface area contributed by atoms with Gasteiger partial charge < -0.3 is 24.4 Å². The summed E-state index contributed by atoms with van der Waals surface area (Å²) in [6.07, 6.45) is -2.67. The molecule has 2 N–H and O–H groups in total. The molecule has 0 aromatic rings. The average molecular weight is 250 g/mol. The van der Waals surface area contributed by atoms with E-state index in [2.05, 4.69) is 0 Å². The Morgan fingerprint density at radius 3 is 1.94 bits per heavy atom. The highest BCUT2D eigenvalue weighted by Crippen LogP contribution is 2.03. The number of aliphatic carboxylic acids is 2. The van der Waals surface area contributed by atoms with Crippen molar-refractivity contribution >= 4 is 11.9 Å². The zero-order chi connectivity index (χ0) is 13.3. The number of rotatable bonds is 10. The second kappa shape index (κ2) is 8.91. The predicted octanol–water partition coefficient (Wildman–Crippen LogP) is 0.330. The van der Waals surface area contributed by atoms with E-state index < -0.39 is 30.8 Å². The summed E-state index contributed by atoms with van der Waals surface area (Å²) in [6, 6.07) is 0. The van der Waals surface area contributed by atoms with Gasteiger partial charge >= 0.3 is 11.9 Å². The Balaban J connectivity index is 4.15. The lowest BCUT2D eigenvalue weighted by atomic mass is 10.2. The Bertz CT molecular complexity index is 235. The maximum absolute atomic E-state index is 10.7. The van der Waals surface area contributed by atoms with E-state index in [4.69, 9.17) is 24.4 Å². The van der Waals surface area contributed by atoms with Crippen LogP contribution in [0.4, 0.5) is 0 Å². The van der Waals surface area contributed by atoms with Gasteiger partial charge in [0.1, 0.15) is 0 Å². The minimum Gasteiger partial charge on any atom is -0.481 e. The van der Waals surface area contributed by atoms with Crippen LogP contribution >= 0.6 is 0 Å². The highest BCUT2D eigenvalue weighted by molar-refractivity contribution is 5.79. The van der Waals surface area contributed by atoms with Crippen LogP contribution in [0.15, 0.2) is 0 Å². The first-order valence-electron chi connectivity index (χ1n) is 5.30. The number of carboxylic acid groups (broad SMARTS) is 2. The molecule has 0 saturated carbocycles. The molecule has 7 nitrogen and oxygen atoms in total. The minimum absolute atomic E-state index is 0.119. The molecule has 0 rings (SSSR count). The molecular formula is C10H18O7. The quantitative estimate of drug-likeness (QED) is 0.538. The summed E-state index contributed by atoms with van der Waals surface area (Å²) >= 11 is 0. The van der Waals surface area contributed by atoms with Crippen LogP contribution in [-0.2, 0) is 23.8 Å². The van der Waals surface area contributed by atoms with Gasteiger partial charge in [-0.1, -0.05) is 0 Å². The van der Waals surface area contributed by atoms with Gasteiger partial charge in [0.2, 0.25) is 0 Å². The molecule has 0 amide bonds. The Kier molecular flexibility index (Phi) is 8.29. The first-order chi connectivity index (χ1) is 8.01.